The molecule has 3 fully saturated rings. The number of carbonyl (C=O) groups is 1. The summed E-state index contributed by atoms with van der Waals surface area (Å²) in [5.74, 6) is 3.90. The fourth-order valence-electron chi connectivity index (χ4n) is 7.53. The van der Waals surface area contributed by atoms with Gasteiger partial charge in [0, 0.05) is 11.5 Å². The zero-order chi connectivity index (χ0) is 17.5. The molecule has 0 aromatic carbocycles. The average Bonchev–Trinajstić information content (AvgIpc) is 2.88. The molecule has 138 valence electrons. The third-order valence-corrected chi connectivity index (χ3v) is 8.50. The fraction of sp³-hybridized carbons (Fsp3) is 0.955. The van der Waals surface area contributed by atoms with Crippen molar-refractivity contribution in [1.29, 1.82) is 0 Å². The van der Waals surface area contributed by atoms with Gasteiger partial charge in [0.25, 0.3) is 0 Å². The highest BCUT2D eigenvalue weighted by Gasteiger charge is 2.58. The number of rotatable bonds is 5. The van der Waals surface area contributed by atoms with Crippen LogP contribution >= 0.6 is 0 Å². The molecule has 0 spiro atoms. The zero-order valence-electron chi connectivity index (χ0n) is 16.4. The Balaban J connectivity index is 1.86. The van der Waals surface area contributed by atoms with E-state index in [-0.39, 0.29) is 11.0 Å². The Morgan fingerprint density at radius 3 is 2.38 bits per heavy atom. The molecule has 0 amide bonds. The second-order valence-corrected chi connectivity index (χ2v) is 9.64. The van der Waals surface area contributed by atoms with E-state index in [2.05, 4.69) is 20.8 Å². The monoisotopic (exact) mass is 333 g/mol. The number of ketones is 1. The Bertz CT molecular complexity index is 475. The quantitative estimate of drug-likeness (QED) is 0.737. The molecule has 0 heterocycles. The van der Waals surface area contributed by atoms with Crippen molar-refractivity contribution in [3.05, 3.63) is 0 Å². The molecular formula is C22H39NO. The molecule has 3 rings (SSSR count). The topological polar surface area (TPSA) is 43.1 Å². The van der Waals surface area contributed by atoms with Gasteiger partial charge in [0.2, 0.25) is 0 Å². The van der Waals surface area contributed by atoms with Crippen LogP contribution in [0.15, 0.2) is 0 Å². The predicted molar refractivity (Wildman–Crippen MR) is 101 cm³/mol. The van der Waals surface area contributed by atoms with Crippen LogP contribution in [-0.4, -0.2) is 11.3 Å². The van der Waals surface area contributed by atoms with Crippen molar-refractivity contribution in [2.75, 3.05) is 0 Å². The Morgan fingerprint density at radius 2 is 1.75 bits per heavy atom. The molecule has 3 saturated carbocycles. The minimum atomic E-state index is 0.0816. The van der Waals surface area contributed by atoms with Crippen LogP contribution in [0.1, 0.15) is 91.9 Å². The minimum Gasteiger partial charge on any atom is -0.325 e. The van der Waals surface area contributed by atoms with Crippen LogP contribution in [0.25, 0.3) is 0 Å². The van der Waals surface area contributed by atoms with Crippen molar-refractivity contribution in [3.8, 4) is 0 Å². The SMILES string of the molecule is CCCC1C2CCC3(C)C(C(C)=O)CCC3C2CCC1(N)CCC. The standard InChI is InChI=1S/C22H39NO/c1-5-7-20-17-10-13-21(4)18(15(3)24)8-9-19(21)16(17)11-14-22(20,23)12-6-2/h16-20H,5-14,23H2,1-4H3. The number of nitrogens with two attached hydrogens (primary N) is 1. The Labute approximate surface area is 149 Å². The first-order valence-corrected chi connectivity index (χ1v) is 10.7. The van der Waals surface area contributed by atoms with E-state index in [1.54, 1.807) is 0 Å². The summed E-state index contributed by atoms with van der Waals surface area (Å²) in [5, 5.41) is 0. The zero-order valence-corrected chi connectivity index (χ0v) is 16.4. The van der Waals surface area contributed by atoms with Gasteiger partial charge >= 0.3 is 0 Å². The molecule has 0 aromatic rings. The molecule has 0 radical (unpaired) electrons. The number of hydrogen-bond donors (Lipinski definition) is 1. The highest BCUT2D eigenvalue weighted by atomic mass is 16.1. The summed E-state index contributed by atoms with van der Waals surface area (Å²) in [6, 6.07) is 0. The molecule has 0 aromatic heterocycles. The highest BCUT2D eigenvalue weighted by Crippen LogP contribution is 2.64. The largest absolute Gasteiger partial charge is 0.325 e. The first-order valence-electron chi connectivity index (χ1n) is 10.7. The van der Waals surface area contributed by atoms with Gasteiger partial charge in [0.15, 0.2) is 0 Å². The molecule has 3 aliphatic rings. The van der Waals surface area contributed by atoms with Crippen molar-refractivity contribution >= 4 is 5.78 Å². The van der Waals surface area contributed by atoms with Crippen molar-refractivity contribution in [2.45, 2.75) is 97.4 Å². The van der Waals surface area contributed by atoms with Gasteiger partial charge in [-0.05, 0) is 87.4 Å². The number of carbonyl (C=O) groups excluding carboxylic acids is 1. The van der Waals surface area contributed by atoms with Crippen LogP contribution in [-0.2, 0) is 4.79 Å². The van der Waals surface area contributed by atoms with Gasteiger partial charge in [-0.2, -0.15) is 0 Å². The van der Waals surface area contributed by atoms with E-state index in [1.165, 1.54) is 57.8 Å². The van der Waals surface area contributed by atoms with Crippen molar-refractivity contribution in [1.82, 2.24) is 0 Å². The Morgan fingerprint density at radius 1 is 1.04 bits per heavy atom. The maximum absolute atomic E-state index is 12.2. The second-order valence-electron chi connectivity index (χ2n) is 9.64. The van der Waals surface area contributed by atoms with Crippen molar-refractivity contribution < 1.29 is 4.79 Å². The molecular weight excluding hydrogens is 294 g/mol. The highest BCUT2D eigenvalue weighted by molar-refractivity contribution is 5.79. The third-order valence-electron chi connectivity index (χ3n) is 8.50. The lowest BCUT2D eigenvalue weighted by Crippen LogP contribution is -2.58. The first kappa shape index (κ1) is 18.4. The van der Waals surface area contributed by atoms with Crippen LogP contribution in [0.2, 0.25) is 0 Å². The van der Waals surface area contributed by atoms with E-state index >= 15 is 0 Å². The summed E-state index contributed by atoms with van der Waals surface area (Å²) in [7, 11) is 0. The minimum absolute atomic E-state index is 0.0816. The lowest BCUT2D eigenvalue weighted by molar-refractivity contribution is -0.128. The second kappa shape index (κ2) is 6.74. The molecule has 0 saturated heterocycles. The van der Waals surface area contributed by atoms with Gasteiger partial charge in [-0.3, -0.25) is 4.79 Å². The number of Topliss-reactive ketones (excluding diaryl/α,β-unsaturated/α-hetero) is 1. The maximum Gasteiger partial charge on any atom is 0.133 e. The van der Waals surface area contributed by atoms with Crippen LogP contribution in [0, 0.1) is 35.0 Å². The number of hydrogen-bond acceptors (Lipinski definition) is 2. The summed E-state index contributed by atoms with van der Waals surface area (Å²) >= 11 is 0. The fourth-order valence-corrected chi connectivity index (χ4v) is 7.53. The summed E-state index contributed by atoms with van der Waals surface area (Å²) in [6.45, 7) is 8.88. The smallest absolute Gasteiger partial charge is 0.133 e. The molecule has 24 heavy (non-hydrogen) atoms. The molecule has 2 heteroatoms. The summed E-state index contributed by atoms with van der Waals surface area (Å²) in [4.78, 5) is 12.2. The molecule has 0 bridgehead atoms. The molecule has 2 nitrogen and oxygen atoms in total. The molecule has 7 unspecified atom stereocenters. The van der Waals surface area contributed by atoms with Crippen LogP contribution in [0.5, 0.6) is 0 Å². The average molecular weight is 334 g/mol. The molecule has 0 aliphatic heterocycles. The van der Waals surface area contributed by atoms with Gasteiger partial charge in [0.05, 0.1) is 0 Å². The predicted octanol–water partition coefficient (Wildman–Crippen LogP) is 5.34. The van der Waals surface area contributed by atoms with E-state index in [0.29, 0.717) is 17.6 Å². The van der Waals surface area contributed by atoms with E-state index in [9.17, 15) is 4.79 Å². The van der Waals surface area contributed by atoms with Crippen LogP contribution < -0.4 is 5.73 Å². The molecule has 3 aliphatic carbocycles. The van der Waals surface area contributed by atoms with E-state index in [0.717, 1.165) is 24.2 Å². The lowest BCUT2D eigenvalue weighted by Gasteiger charge is -2.57. The van der Waals surface area contributed by atoms with Crippen LogP contribution in [0.3, 0.4) is 0 Å². The first-order chi connectivity index (χ1) is 11.4. The van der Waals surface area contributed by atoms with Gasteiger partial charge in [0.1, 0.15) is 5.78 Å². The van der Waals surface area contributed by atoms with E-state index in [4.69, 9.17) is 5.73 Å². The Kier molecular flexibility index (Phi) is 5.17. The van der Waals surface area contributed by atoms with Gasteiger partial charge in [-0.25, -0.2) is 0 Å². The normalized spacial score (nSPS) is 48.0. The van der Waals surface area contributed by atoms with Crippen molar-refractivity contribution in [3.63, 3.8) is 0 Å². The van der Waals surface area contributed by atoms with Gasteiger partial charge in [-0.1, -0.05) is 33.6 Å². The lowest BCUT2D eigenvalue weighted by atomic mass is 9.49. The Hall–Kier alpha value is -0.370. The van der Waals surface area contributed by atoms with Crippen molar-refractivity contribution in [2.24, 2.45) is 40.7 Å². The van der Waals surface area contributed by atoms with Gasteiger partial charge < -0.3 is 5.73 Å². The summed E-state index contributed by atoms with van der Waals surface area (Å²) < 4.78 is 0. The summed E-state index contributed by atoms with van der Waals surface area (Å²) in [5.41, 5.74) is 7.36. The maximum atomic E-state index is 12.2. The van der Waals surface area contributed by atoms with Crippen LogP contribution in [0.4, 0.5) is 0 Å². The molecule has 2 N–H and O–H groups in total. The van der Waals surface area contributed by atoms with Gasteiger partial charge in [-0.15, -0.1) is 0 Å². The van der Waals surface area contributed by atoms with E-state index < -0.39 is 0 Å². The molecule has 7 atom stereocenters. The third kappa shape index (κ3) is 2.77. The number of fused-ring (bicyclic) bond motifs is 3. The summed E-state index contributed by atoms with van der Waals surface area (Å²) in [6.07, 6.45) is 12.5. The van der Waals surface area contributed by atoms with E-state index in [1.807, 2.05) is 6.92 Å².